The van der Waals surface area contributed by atoms with Gasteiger partial charge in [0.25, 0.3) is 0 Å². The average molecular weight is 229 g/mol. The largest absolute Gasteiger partial charge is 0.381 e. The average Bonchev–Trinajstić information content (AvgIpc) is 2.30. The van der Waals surface area contributed by atoms with Crippen LogP contribution in [0.15, 0.2) is 0 Å². The van der Waals surface area contributed by atoms with Crippen molar-refractivity contribution in [2.45, 2.75) is 57.0 Å². The fraction of sp³-hybridized carbons (Fsp3) is 1.00. The number of rotatable bonds is 5. The first kappa shape index (κ1) is 12.3. The van der Waals surface area contributed by atoms with E-state index < -0.39 is 0 Å². The molecule has 0 aromatic rings. The van der Waals surface area contributed by atoms with Crippen LogP contribution in [0, 0.1) is 0 Å². The third-order valence-electron chi connectivity index (χ3n) is 3.34. The summed E-state index contributed by atoms with van der Waals surface area (Å²) in [7, 11) is 0. The van der Waals surface area contributed by atoms with Gasteiger partial charge in [0.2, 0.25) is 0 Å². The van der Waals surface area contributed by atoms with Gasteiger partial charge in [-0.1, -0.05) is 6.92 Å². The van der Waals surface area contributed by atoms with Crippen molar-refractivity contribution >= 4 is 0 Å². The van der Waals surface area contributed by atoms with E-state index in [1.165, 1.54) is 0 Å². The van der Waals surface area contributed by atoms with Crippen molar-refractivity contribution in [2.75, 3.05) is 19.8 Å². The lowest BCUT2D eigenvalue weighted by Crippen LogP contribution is -2.59. The van der Waals surface area contributed by atoms with E-state index in [-0.39, 0.29) is 18.2 Å². The summed E-state index contributed by atoms with van der Waals surface area (Å²) < 4.78 is 17.0. The van der Waals surface area contributed by atoms with E-state index in [1.54, 1.807) is 0 Å². The summed E-state index contributed by atoms with van der Waals surface area (Å²) in [5.74, 6) is 0. The fourth-order valence-corrected chi connectivity index (χ4v) is 2.29. The molecule has 0 aromatic carbocycles. The molecule has 3 atom stereocenters. The van der Waals surface area contributed by atoms with Crippen molar-refractivity contribution in [2.24, 2.45) is 5.73 Å². The van der Waals surface area contributed by atoms with E-state index in [9.17, 15) is 0 Å². The third kappa shape index (κ3) is 2.94. The Balaban J connectivity index is 1.72. The molecule has 94 valence electrons. The van der Waals surface area contributed by atoms with Gasteiger partial charge in [0.1, 0.15) is 0 Å². The minimum absolute atomic E-state index is 0.114. The van der Waals surface area contributed by atoms with Crippen LogP contribution >= 0.6 is 0 Å². The predicted octanol–water partition coefficient (Wildman–Crippen LogP) is 1.08. The van der Waals surface area contributed by atoms with Crippen molar-refractivity contribution in [1.29, 1.82) is 0 Å². The molecule has 4 nitrogen and oxygen atoms in total. The Kier molecular flexibility index (Phi) is 4.58. The molecule has 1 saturated heterocycles. The van der Waals surface area contributed by atoms with E-state index in [0.717, 1.165) is 45.5 Å². The Hall–Kier alpha value is -0.160. The van der Waals surface area contributed by atoms with Crippen molar-refractivity contribution in [3.63, 3.8) is 0 Å². The molecule has 1 aliphatic heterocycles. The van der Waals surface area contributed by atoms with Gasteiger partial charge in [0.05, 0.1) is 18.3 Å². The predicted molar refractivity (Wildman–Crippen MR) is 61.3 cm³/mol. The maximum Gasteiger partial charge on any atom is 0.0988 e. The number of hydrogen-bond acceptors (Lipinski definition) is 4. The molecular weight excluding hydrogens is 206 g/mol. The van der Waals surface area contributed by atoms with E-state index in [1.807, 2.05) is 0 Å². The molecule has 1 aliphatic carbocycles. The highest BCUT2D eigenvalue weighted by Crippen LogP contribution is 2.28. The Morgan fingerprint density at radius 3 is 2.69 bits per heavy atom. The van der Waals surface area contributed by atoms with Gasteiger partial charge in [0, 0.05) is 25.9 Å². The van der Waals surface area contributed by atoms with Crippen LogP contribution in [0.3, 0.4) is 0 Å². The Morgan fingerprint density at radius 2 is 2.06 bits per heavy atom. The smallest absolute Gasteiger partial charge is 0.0988 e. The highest BCUT2D eigenvalue weighted by Gasteiger charge is 2.41. The molecule has 2 N–H and O–H groups in total. The maximum absolute atomic E-state index is 6.02. The third-order valence-corrected chi connectivity index (χ3v) is 3.34. The highest BCUT2D eigenvalue weighted by atomic mass is 16.6. The monoisotopic (exact) mass is 229 g/mol. The van der Waals surface area contributed by atoms with Gasteiger partial charge in [-0.05, 0) is 25.7 Å². The first-order valence-electron chi connectivity index (χ1n) is 6.41. The van der Waals surface area contributed by atoms with Crippen LogP contribution in [-0.4, -0.2) is 44.2 Å². The Bertz CT molecular complexity index is 206. The van der Waals surface area contributed by atoms with Crippen molar-refractivity contribution in [1.82, 2.24) is 0 Å². The summed E-state index contributed by atoms with van der Waals surface area (Å²) >= 11 is 0. The van der Waals surface area contributed by atoms with Crippen molar-refractivity contribution in [3.05, 3.63) is 0 Å². The van der Waals surface area contributed by atoms with Crippen molar-refractivity contribution in [3.8, 4) is 0 Å². The van der Waals surface area contributed by atoms with Gasteiger partial charge in [-0.2, -0.15) is 0 Å². The molecule has 0 aromatic heterocycles. The molecule has 0 bridgehead atoms. The standard InChI is InChI=1S/C12H23NO3/c1-2-5-15-12-10(13)8-11(12)16-9-3-6-14-7-4-9/h9-12H,2-8,13H2,1H3. The molecule has 2 fully saturated rings. The normalized spacial score (nSPS) is 36.0. The van der Waals surface area contributed by atoms with Crippen LogP contribution in [0.2, 0.25) is 0 Å². The van der Waals surface area contributed by atoms with Crippen molar-refractivity contribution < 1.29 is 14.2 Å². The fourth-order valence-electron chi connectivity index (χ4n) is 2.29. The summed E-state index contributed by atoms with van der Waals surface area (Å²) in [4.78, 5) is 0. The molecule has 4 heteroatoms. The molecule has 16 heavy (non-hydrogen) atoms. The number of nitrogens with two attached hydrogens (primary N) is 1. The number of ether oxygens (including phenoxy) is 3. The van der Waals surface area contributed by atoms with E-state index in [4.69, 9.17) is 19.9 Å². The SMILES string of the molecule is CCCOC1C(N)CC1OC1CCOCC1. The molecule has 3 unspecified atom stereocenters. The Labute approximate surface area is 97.4 Å². The molecule has 2 rings (SSSR count). The molecule has 0 radical (unpaired) electrons. The topological polar surface area (TPSA) is 53.7 Å². The summed E-state index contributed by atoms with van der Waals surface area (Å²) in [5, 5.41) is 0. The first-order valence-corrected chi connectivity index (χ1v) is 6.41. The molecular formula is C12H23NO3. The molecule has 1 heterocycles. The summed E-state index contributed by atoms with van der Waals surface area (Å²) in [6.45, 7) is 4.54. The lowest BCUT2D eigenvalue weighted by atomic mass is 9.85. The van der Waals surface area contributed by atoms with Gasteiger partial charge in [-0.3, -0.25) is 0 Å². The Morgan fingerprint density at radius 1 is 1.31 bits per heavy atom. The van der Waals surface area contributed by atoms with Gasteiger partial charge in [-0.15, -0.1) is 0 Å². The van der Waals surface area contributed by atoms with E-state index in [0.29, 0.717) is 6.10 Å². The van der Waals surface area contributed by atoms with E-state index in [2.05, 4.69) is 6.92 Å². The zero-order chi connectivity index (χ0) is 11.4. The summed E-state index contributed by atoms with van der Waals surface area (Å²) in [6.07, 6.45) is 4.66. The van der Waals surface area contributed by atoms with E-state index >= 15 is 0 Å². The van der Waals surface area contributed by atoms with Crippen LogP contribution in [0.4, 0.5) is 0 Å². The van der Waals surface area contributed by atoms with Crippen LogP contribution in [0.1, 0.15) is 32.6 Å². The van der Waals surface area contributed by atoms with Gasteiger partial charge in [0.15, 0.2) is 0 Å². The minimum atomic E-state index is 0.114. The lowest BCUT2D eigenvalue weighted by Gasteiger charge is -2.43. The van der Waals surface area contributed by atoms with Crippen LogP contribution in [-0.2, 0) is 14.2 Å². The zero-order valence-electron chi connectivity index (χ0n) is 10.1. The van der Waals surface area contributed by atoms with Gasteiger partial charge < -0.3 is 19.9 Å². The summed E-state index contributed by atoms with van der Waals surface area (Å²) in [5.41, 5.74) is 5.93. The van der Waals surface area contributed by atoms with Crippen LogP contribution in [0.5, 0.6) is 0 Å². The first-order chi connectivity index (χ1) is 7.81. The molecule has 0 spiro atoms. The minimum Gasteiger partial charge on any atom is -0.381 e. The number of hydrogen-bond donors (Lipinski definition) is 1. The maximum atomic E-state index is 6.02. The van der Waals surface area contributed by atoms with Crippen LogP contribution < -0.4 is 5.73 Å². The molecule has 2 aliphatic rings. The quantitative estimate of drug-likeness (QED) is 0.766. The second-order valence-corrected chi connectivity index (χ2v) is 4.72. The van der Waals surface area contributed by atoms with Crippen LogP contribution in [0.25, 0.3) is 0 Å². The second-order valence-electron chi connectivity index (χ2n) is 4.72. The second kappa shape index (κ2) is 5.96. The van der Waals surface area contributed by atoms with Gasteiger partial charge >= 0.3 is 0 Å². The van der Waals surface area contributed by atoms with Gasteiger partial charge in [-0.25, -0.2) is 0 Å². The molecule has 0 amide bonds. The zero-order valence-corrected chi connectivity index (χ0v) is 10.1. The highest BCUT2D eigenvalue weighted by molar-refractivity contribution is 4.95. The summed E-state index contributed by atoms with van der Waals surface area (Å²) in [6, 6.07) is 0.163. The molecule has 1 saturated carbocycles. The lowest BCUT2D eigenvalue weighted by molar-refractivity contribution is -0.174.